The minimum atomic E-state index is -0.0591. The first kappa shape index (κ1) is 17.6. The lowest BCUT2D eigenvalue weighted by Crippen LogP contribution is -2.43. The van der Waals surface area contributed by atoms with E-state index in [1.807, 2.05) is 11.0 Å². The van der Waals surface area contributed by atoms with Gasteiger partial charge in [-0.25, -0.2) is 0 Å². The summed E-state index contributed by atoms with van der Waals surface area (Å²) in [4.78, 5) is 26.9. The van der Waals surface area contributed by atoms with Gasteiger partial charge in [-0.05, 0) is 37.8 Å². The van der Waals surface area contributed by atoms with Crippen LogP contribution in [0.15, 0.2) is 18.2 Å². The van der Waals surface area contributed by atoms with Crippen molar-refractivity contribution in [2.24, 2.45) is 11.8 Å². The maximum Gasteiger partial charge on any atom is 0.231 e. The number of benzene rings is 1. The van der Waals surface area contributed by atoms with Gasteiger partial charge >= 0.3 is 0 Å². The Kier molecular flexibility index (Phi) is 5.46. The molecule has 0 radical (unpaired) electrons. The van der Waals surface area contributed by atoms with E-state index in [9.17, 15) is 9.59 Å². The second-order valence-electron chi connectivity index (χ2n) is 6.67. The van der Waals surface area contributed by atoms with Crippen molar-refractivity contribution >= 4 is 17.5 Å². The number of amides is 2. The lowest BCUT2D eigenvalue weighted by molar-refractivity contribution is -0.138. The van der Waals surface area contributed by atoms with E-state index in [1.54, 1.807) is 12.1 Å². The fraction of sp³-hybridized carbons (Fsp3) is 0.579. The second kappa shape index (κ2) is 7.76. The van der Waals surface area contributed by atoms with Crippen LogP contribution in [0.5, 0.6) is 11.5 Å². The summed E-state index contributed by atoms with van der Waals surface area (Å²) >= 11 is 0. The summed E-state index contributed by atoms with van der Waals surface area (Å²) in [5.41, 5.74) is 0.713. The highest BCUT2D eigenvalue weighted by atomic mass is 16.7. The van der Waals surface area contributed by atoms with Crippen molar-refractivity contribution in [2.45, 2.75) is 39.5 Å². The van der Waals surface area contributed by atoms with Crippen LogP contribution in [0, 0.1) is 11.8 Å². The van der Waals surface area contributed by atoms with Gasteiger partial charge in [0.05, 0.1) is 0 Å². The minimum Gasteiger partial charge on any atom is -0.454 e. The van der Waals surface area contributed by atoms with Gasteiger partial charge in [-0.2, -0.15) is 0 Å². The molecule has 2 aliphatic rings. The number of carbonyl (C=O) groups excluding carboxylic acids is 2. The Bertz CT molecular complexity index is 634. The van der Waals surface area contributed by atoms with Crippen LogP contribution in [0.3, 0.4) is 0 Å². The van der Waals surface area contributed by atoms with Crippen molar-refractivity contribution in [3.8, 4) is 11.5 Å². The highest BCUT2D eigenvalue weighted by molar-refractivity contribution is 5.93. The molecule has 1 saturated heterocycles. The first-order valence-electron chi connectivity index (χ1n) is 9.11. The molecular weight excluding hydrogens is 320 g/mol. The predicted octanol–water partition coefficient (Wildman–Crippen LogP) is 3.03. The van der Waals surface area contributed by atoms with Crippen LogP contribution in [-0.2, 0) is 9.59 Å². The zero-order valence-corrected chi connectivity index (χ0v) is 14.9. The molecule has 0 spiro atoms. The van der Waals surface area contributed by atoms with Gasteiger partial charge in [-0.15, -0.1) is 0 Å². The number of nitrogens with one attached hydrogen (secondary N) is 1. The molecule has 1 aromatic carbocycles. The Labute approximate surface area is 148 Å². The normalized spacial score (nSPS) is 17.0. The molecule has 0 bridgehead atoms. The van der Waals surface area contributed by atoms with Crippen LogP contribution >= 0.6 is 0 Å². The quantitative estimate of drug-likeness (QED) is 0.890. The van der Waals surface area contributed by atoms with Crippen LogP contribution in [0.2, 0.25) is 0 Å². The van der Waals surface area contributed by atoms with E-state index in [1.165, 1.54) is 0 Å². The van der Waals surface area contributed by atoms with E-state index in [-0.39, 0.29) is 30.4 Å². The Balaban J connectivity index is 1.52. The zero-order chi connectivity index (χ0) is 17.8. The van der Waals surface area contributed by atoms with E-state index in [2.05, 4.69) is 19.2 Å². The predicted molar refractivity (Wildman–Crippen MR) is 94.6 cm³/mol. The maximum absolute atomic E-state index is 12.5. The van der Waals surface area contributed by atoms with Crippen LogP contribution in [0.25, 0.3) is 0 Å². The molecule has 6 heteroatoms. The highest BCUT2D eigenvalue weighted by Gasteiger charge is 2.29. The average Bonchev–Trinajstić information content (AvgIpc) is 3.10. The summed E-state index contributed by atoms with van der Waals surface area (Å²) in [7, 11) is 0. The van der Waals surface area contributed by atoms with Crippen molar-refractivity contribution < 1.29 is 19.1 Å². The standard InChI is InChI=1S/C19H26N2O4/c1-3-13(4-2)19(23)21-9-7-14(8-10-21)18(22)20-15-5-6-16-17(11-15)25-12-24-16/h5-6,11,13-14H,3-4,7-10,12H2,1-2H3,(H,20,22). The number of fused-ring (bicyclic) bond motifs is 1. The summed E-state index contributed by atoms with van der Waals surface area (Å²) in [5, 5.41) is 2.95. The van der Waals surface area contributed by atoms with Gasteiger partial charge < -0.3 is 19.7 Å². The number of carbonyl (C=O) groups is 2. The fourth-order valence-corrected chi connectivity index (χ4v) is 3.48. The molecule has 0 atom stereocenters. The first-order valence-corrected chi connectivity index (χ1v) is 9.11. The van der Waals surface area contributed by atoms with E-state index >= 15 is 0 Å². The molecule has 0 aliphatic carbocycles. The van der Waals surface area contributed by atoms with Crippen LogP contribution in [0.4, 0.5) is 5.69 Å². The molecule has 2 heterocycles. The number of hydrogen-bond donors (Lipinski definition) is 1. The van der Waals surface area contributed by atoms with Gasteiger partial charge in [0.25, 0.3) is 0 Å². The monoisotopic (exact) mass is 346 g/mol. The molecule has 1 fully saturated rings. The third-order valence-corrected chi connectivity index (χ3v) is 5.15. The van der Waals surface area contributed by atoms with Crippen molar-refractivity contribution in [3.05, 3.63) is 18.2 Å². The first-order chi connectivity index (χ1) is 12.1. The maximum atomic E-state index is 12.5. The molecule has 6 nitrogen and oxygen atoms in total. The number of hydrogen-bond acceptors (Lipinski definition) is 4. The summed E-state index contributed by atoms with van der Waals surface area (Å²) in [6, 6.07) is 5.40. The molecule has 0 aromatic heterocycles. The lowest BCUT2D eigenvalue weighted by Gasteiger charge is -2.33. The number of piperidine rings is 1. The van der Waals surface area contributed by atoms with Gasteiger partial charge in [0.2, 0.25) is 18.6 Å². The molecule has 1 aromatic rings. The lowest BCUT2D eigenvalue weighted by atomic mass is 9.93. The van der Waals surface area contributed by atoms with E-state index in [0.29, 0.717) is 43.1 Å². The number of ether oxygens (including phenoxy) is 2. The van der Waals surface area contributed by atoms with Gasteiger partial charge in [0.1, 0.15) is 0 Å². The summed E-state index contributed by atoms with van der Waals surface area (Å²) in [6.07, 6.45) is 3.17. The zero-order valence-electron chi connectivity index (χ0n) is 14.9. The van der Waals surface area contributed by atoms with Gasteiger partial charge in [0, 0.05) is 36.7 Å². The SMILES string of the molecule is CCC(CC)C(=O)N1CCC(C(=O)Nc2ccc3c(c2)OCO3)CC1. The van der Waals surface area contributed by atoms with Crippen molar-refractivity contribution in [1.82, 2.24) is 4.90 Å². The molecule has 2 amide bonds. The minimum absolute atomic E-state index is 0.00787. The summed E-state index contributed by atoms with van der Waals surface area (Å²) < 4.78 is 10.6. The number of nitrogens with zero attached hydrogens (tertiary/aromatic N) is 1. The third-order valence-electron chi connectivity index (χ3n) is 5.15. The van der Waals surface area contributed by atoms with E-state index in [0.717, 1.165) is 12.8 Å². The molecule has 2 aliphatic heterocycles. The molecule has 25 heavy (non-hydrogen) atoms. The third kappa shape index (κ3) is 3.89. The second-order valence-corrected chi connectivity index (χ2v) is 6.67. The van der Waals surface area contributed by atoms with Gasteiger partial charge in [0.15, 0.2) is 11.5 Å². The largest absolute Gasteiger partial charge is 0.454 e. The molecule has 0 unspecified atom stereocenters. The van der Waals surface area contributed by atoms with E-state index < -0.39 is 0 Å². The Morgan fingerprint density at radius 3 is 2.52 bits per heavy atom. The van der Waals surface area contributed by atoms with Crippen molar-refractivity contribution in [3.63, 3.8) is 0 Å². The summed E-state index contributed by atoms with van der Waals surface area (Å²) in [6.45, 7) is 5.65. The van der Waals surface area contributed by atoms with Crippen LogP contribution in [-0.4, -0.2) is 36.6 Å². The smallest absolute Gasteiger partial charge is 0.231 e. The topological polar surface area (TPSA) is 67.9 Å². The number of likely N-dealkylation sites (tertiary alicyclic amines) is 1. The Morgan fingerprint density at radius 1 is 1.16 bits per heavy atom. The van der Waals surface area contributed by atoms with E-state index in [4.69, 9.17) is 9.47 Å². The highest BCUT2D eigenvalue weighted by Crippen LogP contribution is 2.34. The molecule has 0 saturated carbocycles. The summed E-state index contributed by atoms with van der Waals surface area (Å²) in [5.74, 6) is 1.65. The van der Waals surface area contributed by atoms with Gasteiger partial charge in [-0.1, -0.05) is 13.8 Å². The average molecular weight is 346 g/mol. The Hall–Kier alpha value is -2.24. The number of anilines is 1. The molecule has 136 valence electrons. The number of rotatable bonds is 5. The van der Waals surface area contributed by atoms with Crippen LogP contribution < -0.4 is 14.8 Å². The van der Waals surface area contributed by atoms with Crippen LogP contribution in [0.1, 0.15) is 39.5 Å². The Morgan fingerprint density at radius 2 is 1.84 bits per heavy atom. The fourth-order valence-electron chi connectivity index (χ4n) is 3.48. The van der Waals surface area contributed by atoms with Crippen molar-refractivity contribution in [2.75, 3.05) is 25.2 Å². The van der Waals surface area contributed by atoms with Crippen molar-refractivity contribution in [1.29, 1.82) is 0 Å². The molecule has 1 N–H and O–H groups in total. The van der Waals surface area contributed by atoms with Gasteiger partial charge in [-0.3, -0.25) is 9.59 Å². The molecular formula is C19H26N2O4. The molecule has 3 rings (SSSR count).